The Morgan fingerprint density at radius 1 is 1.19 bits per heavy atom. The van der Waals surface area contributed by atoms with Crippen LogP contribution in [0.3, 0.4) is 0 Å². The summed E-state index contributed by atoms with van der Waals surface area (Å²) < 4.78 is 0. The number of aromatic nitrogens is 1. The Morgan fingerprint density at radius 2 is 1.96 bits per heavy atom. The Bertz CT molecular complexity index is 782. The van der Waals surface area contributed by atoms with Gasteiger partial charge in [0.15, 0.2) is 0 Å². The lowest BCUT2D eigenvalue weighted by molar-refractivity contribution is -0.120. The molecule has 1 aromatic heterocycles. The lowest BCUT2D eigenvalue weighted by Gasteiger charge is -2.37. The van der Waals surface area contributed by atoms with Crippen molar-refractivity contribution < 1.29 is 4.79 Å². The van der Waals surface area contributed by atoms with Crippen LogP contribution in [-0.2, 0) is 11.2 Å². The van der Waals surface area contributed by atoms with Gasteiger partial charge in [0.05, 0.1) is 11.6 Å². The van der Waals surface area contributed by atoms with Gasteiger partial charge < -0.3 is 4.90 Å². The van der Waals surface area contributed by atoms with Crippen molar-refractivity contribution in [2.24, 2.45) is 0 Å². The van der Waals surface area contributed by atoms with E-state index in [0.29, 0.717) is 12.6 Å². The minimum Gasteiger partial charge on any atom is -0.311 e. The van der Waals surface area contributed by atoms with Crippen molar-refractivity contribution in [3.05, 3.63) is 45.9 Å². The molecule has 0 aliphatic carbocycles. The fraction of sp³-hybridized carbons (Fsp3) is 0.500. The zero-order valence-electron chi connectivity index (χ0n) is 15.5. The molecule has 0 radical (unpaired) electrons. The quantitative estimate of drug-likeness (QED) is 0.830. The molecule has 2 aromatic rings. The summed E-state index contributed by atoms with van der Waals surface area (Å²) >= 11 is 1.78. The van der Waals surface area contributed by atoms with E-state index in [1.807, 2.05) is 17.2 Å². The zero-order valence-corrected chi connectivity index (χ0v) is 16.3. The molecule has 6 heteroatoms. The SMILES string of the molecule is Cc1ncc(C(C)N2CCN(CC(=O)N3CCc4ccccc43)CC2)s1. The molecule has 1 aromatic carbocycles. The largest absolute Gasteiger partial charge is 0.311 e. The van der Waals surface area contributed by atoms with Gasteiger partial charge in [0.2, 0.25) is 5.91 Å². The number of anilines is 1. The fourth-order valence-electron chi connectivity index (χ4n) is 3.93. The second-order valence-corrected chi connectivity index (χ2v) is 8.46. The number of carbonyl (C=O) groups excluding carboxylic acids is 1. The maximum absolute atomic E-state index is 12.8. The summed E-state index contributed by atoms with van der Waals surface area (Å²) in [5.74, 6) is 0.231. The first-order valence-corrected chi connectivity index (χ1v) is 10.2. The number of rotatable bonds is 4. The Kier molecular flexibility index (Phi) is 5.07. The van der Waals surface area contributed by atoms with Crippen LogP contribution in [0.25, 0.3) is 0 Å². The highest BCUT2D eigenvalue weighted by Gasteiger charge is 2.28. The predicted octanol–water partition coefficient (Wildman–Crippen LogP) is 2.72. The van der Waals surface area contributed by atoms with E-state index in [2.05, 4.69) is 46.8 Å². The Labute approximate surface area is 159 Å². The van der Waals surface area contributed by atoms with Crippen molar-refractivity contribution in [2.45, 2.75) is 26.3 Å². The van der Waals surface area contributed by atoms with E-state index in [-0.39, 0.29) is 5.91 Å². The summed E-state index contributed by atoms with van der Waals surface area (Å²) in [5, 5.41) is 1.13. The third kappa shape index (κ3) is 3.54. The second-order valence-electron chi connectivity index (χ2n) is 7.19. The van der Waals surface area contributed by atoms with Gasteiger partial charge in [0, 0.05) is 55.5 Å². The van der Waals surface area contributed by atoms with Crippen LogP contribution in [0.5, 0.6) is 0 Å². The number of hydrogen-bond donors (Lipinski definition) is 0. The highest BCUT2D eigenvalue weighted by molar-refractivity contribution is 7.11. The van der Waals surface area contributed by atoms with Gasteiger partial charge in [-0.3, -0.25) is 14.6 Å². The monoisotopic (exact) mass is 370 g/mol. The van der Waals surface area contributed by atoms with E-state index in [4.69, 9.17) is 0 Å². The van der Waals surface area contributed by atoms with Crippen LogP contribution in [0.15, 0.2) is 30.5 Å². The predicted molar refractivity (Wildman–Crippen MR) is 106 cm³/mol. The minimum atomic E-state index is 0.231. The van der Waals surface area contributed by atoms with Crippen LogP contribution in [0.2, 0.25) is 0 Å². The molecule has 1 fully saturated rings. The van der Waals surface area contributed by atoms with Crippen LogP contribution in [0.1, 0.15) is 28.4 Å². The first kappa shape index (κ1) is 17.6. The topological polar surface area (TPSA) is 39.7 Å². The van der Waals surface area contributed by atoms with E-state index < -0.39 is 0 Å². The molecule has 2 aliphatic rings. The lowest BCUT2D eigenvalue weighted by atomic mass is 10.2. The zero-order chi connectivity index (χ0) is 18.1. The van der Waals surface area contributed by atoms with Gasteiger partial charge in [0.1, 0.15) is 0 Å². The van der Waals surface area contributed by atoms with Crippen LogP contribution < -0.4 is 4.90 Å². The third-order valence-electron chi connectivity index (χ3n) is 5.55. The first-order valence-electron chi connectivity index (χ1n) is 9.39. The molecule has 1 unspecified atom stereocenters. The maximum atomic E-state index is 12.8. The molecular formula is C20H26N4OS. The Morgan fingerprint density at radius 3 is 2.69 bits per heavy atom. The minimum absolute atomic E-state index is 0.231. The number of fused-ring (bicyclic) bond motifs is 1. The van der Waals surface area contributed by atoms with Crippen molar-refractivity contribution in [1.82, 2.24) is 14.8 Å². The number of piperazine rings is 1. The van der Waals surface area contributed by atoms with E-state index in [1.54, 1.807) is 11.3 Å². The molecule has 0 saturated carbocycles. The molecule has 0 spiro atoms. The number of para-hydroxylation sites is 1. The Hall–Kier alpha value is -1.76. The molecule has 0 N–H and O–H groups in total. The number of hydrogen-bond acceptors (Lipinski definition) is 5. The van der Waals surface area contributed by atoms with Crippen molar-refractivity contribution in [1.29, 1.82) is 0 Å². The van der Waals surface area contributed by atoms with E-state index >= 15 is 0 Å². The maximum Gasteiger partial charge on any atom is 0.241 e. The smallest absolute Gasteiger partial charge is 0.241 e. The fourth-order valence-corrected chi connectivity index (χ4v) is 4.81. The van der Waals surface area contributed by atoms with Crippen molar-refractivity contribution in [3.8, 4) is 0 Å². The third-order valence-corrected chi connectivity index (χ3v) is 6.64. The first-order chi connectivity index (χ1) is 12.6. The van der Waals surface area contributed by atoms with Gasteiger partial charge in [-0.05, 0) is 31.9 Å². The van der Waals surface area contributed by atoms with E-state index in [0.717, 1.165) is 49.8 Å². The van der Waals surface area contributed by atoms with Crippen LogP contribution in [-0.4, -0.2) is 60.0 Å². The summed E-state index contributed by atoms with van der Waals surface area (Å²) in [6, 6.07) is 8.68. The van der Waals surface area contributed by atoms with Crippen LogP contribution in [0.4, 0.5) is 5.69 Å². The van der Waals surface area contributed by atoms with Crippen LogP contribution >= 0.6 is 11.3 Å². The molecule has 1 atom stereocenters. The van der Waals surface area contributed by atoms with Gasteiger partial charge in [-0.2, -0.15) is 0 Å². The second kappa shape index (κ2) is 7.47. The number of aryl methyl sites for hydroxylation is 1. The van der Waals surface area contributed by atoms with Gasteiger partial charge in [-0.25, -0.2) is 4.98 Å². The molecule has 0 bridgehead atoms. The van der Waals surface area contributed by atoms with Crippen LogP contribution in [0, 0.1) is 6.92 Å². The summed E-state index contributed by atoms with van der Waals surface area (Å²) in [6.45, 7) is 9.56. The highest BCUT2D eigenvalue weighted by Crippen LogP contribution is 2.28. The number of nitrogens with zero attached hydrogens (tertiary/aromatic N) is 4. The van der Waals surface area contributed by atoms with Gasteiger partial charge in [-0.15, -0.1) is 11.3 Å². The van der Waals surface area contributed by atoms with E-state index in [1.165, 1.54) is 10.4 Å². The molecule has 3 heterocycles. The average molecular weight is 371 g/mol. The van der Waals surface area contributed by atoms with Crippen molar-refractivity contribution in [3.63, 3.8) is 0 Å². The summed E-state index contributed by atoms with van der Waals surface area (Å²) in [6.07, 6.45) is 2.98. The molecule has 1 saturated heterocycles. The van der Waals surface area contributed by atoms with Crippen molar-refractivity contribution >= 4 is 22.9 Å². The summed E-state index contributed by atoms with van der Waals surface area (Å²) in [4.78, 5) is 25.3. The molecule has 26 heavy (non-hydrogen) atoms. The number of thiazole rings is 1. The average Bonchev–Trinajstić information content (AvgIpc) is 3.28. The van der Waals surface area contributed by atoms with E-state index in [9.17, 15) is 4.79 Å². The van der Waals surface area contributed by atoms with Gasteiger partial charge in [0.25, 0.3) is 0 Å². The molecular weight excluding hydrogens is 344 g/mol. The lowest BCUT2D eigenvalue weighted by Crippen LogP contribution is -2.50. The molecule has 2 aliphatic heterocycles. The summed E-state index contributed by atoms with van der Waals surface area (Å²) in [5.41, 5.74) is 2.39. The molecule has 1 amide bonds. The highest BCUT2D eigenvalue weighted by atomic mass is 32.1. The molecule has 4 rings (SSSR count). The molecule has 5 nitrogen and oxygen atoms in total. The van der Waals surface area contributed by atoms with Crippen molar-refractivity contribution in [2.75, 3.05) is 44.2 Å². The van der Waals surface area contributed by atoms with Gasteiger partial charge >= 0.3 is 0 Å². The number of carbonyl (C=O) groups is 1. The Balaban J connectivity index is 1.31. The van der Waals surface area contributed by atoms with Gasteiger partial charge in [-0.1, -0.05) is 18.2 Å². The summed E-state index contributed by atoms with van der Waals surface area (Å²) in [7, 11) is 0. The molecule has 138 valence electrons. The normalized spacial score (nSPS) is 19.5. The number of amides is 1. The number of benzene rings is 1. The standard InChI is InChI=1S/C20H26N4OS/c1-15(19-13-21-16(2)26-19)23-11-9-22(10-12-23)14-20(25)24-8-7-17-5-3-4-6-18(17)24/h3-6,13,15H,7-12,14H2,1-2H3.